The van der Waals surface area contributed by atoms with Crippen LogP contribution in [0, 0.1) is 0 Å². The van der Waals surface area contributed by atoms with Crippen LogP contribution in [0.3, 0.4) is 0 Å². The number of anilines is 1. The Kier molecular flexibility index (Phi) is 5.07. The van der Waals surface area contributed by atoms with Crippen LogP contribution in [-0.2, 0) is 9.59 Å². The molecular formula is C13H16N2O3. The van der Waals surface area contributed by atoms with Crippen molar-refractivity contribution in [1.82, 2.24) is 0 Å². The summed E-state index contributed by atoms with van der Waals surface area (Å²) in [5, 5.41) is 11.2. The zero-order valence-corrected chi connectivity index (χ0v) is 10.1. The molecule has 0 fully saturated rings. The number of carbonyl (C=O) groups excluding carboxylic acids is 1. The van der Waals surface area contributed by atoms with Gasteiger partial charge in [-0.1, -0.05) is 19.1 Å². The molecule has 5 nitrogen and oxygen atoms in total. The van der Waals surface area contributed by atoms with Gasteiger partial charge in [-0.25, -0.2) is 4.79 Å². The Morgan fingerprint density at radius 2 is 2.00 bits per heavy atom. The van der Waals surface area contributed by atoms with Crippen molar-refractivity contribution < 1.29 is 14.7 Å². The van der Waals surface area contributed by atoms with Crippen molar-refractivity contribution >= 4 is 23.6 Å². The van der Waals surface area contributed by atoms with Crippen LogP contribution in [0.4, 0.5) is 5.69 Å². The van der Waals surface area contributed by atoms with E-state index in [0.29, 0.717) is 12.1 Å². The van der Waals surface area contributed by atoms with Crippen molar-refractivity contribution in [1.29, 1.82) is 0 Å². The number of hydrogen-bond donors (Lipinski definition) is 3. The summed E-state index contributed by atoms with van der Waals surface area (Å²) in [5.74, 6) is -1.23. The van der Waals surface area contributed by atoms with Crippen molar-refractivity contribution in [3.05, 3.63) is 35.9 Å². The fourth-order valence-electron chi connectivity index (χ4n) is 1.27. The maximum absolute atomic E-state index is 11.5. The van der Waals surface area contributed by atoms with Crippen molar-refractivity contribution in [2.24, 2.45) is 5.73 Å². The molecule has 1 aromatic rings. The summed E-state index contributed by atoms with van der Waals surface area (Å²) < 4.78 is 0. The molecule has 18 heavy (non-hydrogen) atoms. The van der Waals surface area contributed by atoms with Crippen LogP contribution in [0.15, 0.2) is 30.3 Å². The third-order valence-corrected chi connectivity index (χ3v) is 2.37. The van der Waals surface area contributed by atoms with Gasteiger partial charge in [0.15, 0.2) is 0 Å². The number of aliphatic carboxylic acids is 1. The van der Waals surface area contributed by atoms with Crippen LogP contribution in [0.25, 0.3) is 6.08 Å². The van der Waals surface area contributed by atoms with E-state index in [4.69, 9.17) is 10.8 Å². The van der Waals surface area contributed by atoms with Crippen LogP contribution in [0.2, 0.25) is 0 Å². The van der Waals surface area contributed by atoms with E-state index >= 15 is 0 Å². The molecule has 0 saturated carbocycles. The van der Waals surface area contributed by atoms with E-state index in [1.165, 1.54) is 6.08 Å². The molecule has 0 aromatic heterocycles. The fraction of sp³-hybridized carbons (Fsp3) is 0.231. The molecule has 1 aromatic carbocycles. The zero-order valence-electron chi connectivity index (χ0n) is 10.1. The van der Waals surface area contributed by atoms with Crippen LogP contribution in [0.5, 0.6) is 0 Å². The molecule has 0 heterocycles. The summed E-state index contributed by atoms with van der Waals surface area (Å²) in [6.07, 6.45) is 3.11. The third-order valence-electron chi connectivity index (χ3n) is 2.37. The minimum Gasteiger partial charge on any atom is -0.478 e. The average Bonchev–Trinajstić information content (AvgIpc) is 2.36. The third kappa shape index (κ3) is 4.39. The van der Waals surface area contributed by atoms with E-state index in [2.05, 4.69) is 5.32 Å². The Hall–Kier alpha value is -2.14. The van der Waals surface area contributed by atoms with Gasteiger partial charge < -0.3 is 16.2 Å². The number of carboxylic acid groups (broad SMARTS) is 1. The lowest BCUT2D eigenvalue weighted by atomic mass is 10.1. The lowest BCUT2D eigenvalue weighted by Crippen LogP contribution is -2.34. The first kappa shape index (κ1) is 13.9. The first-order valence-corrected chi connectivity index (χ1v) is 5.60. The normalized spacial score (nSPS) is 12.3. The second-order valence-electron chi connectivity index (χ2n) is 3.80. The second-order valence-corrected chi connectivity index (χ2v) is 3.80. The number of carbonyl (C=O) groups is 2. The average molecular weight is 248 g/mol. The lowest BCUT2D eigenvalue weighted by molar-refractivity contribution is -0.131. The van der Waals surface area contributed by atoms with E-state index in [9.17, 15) is 9.59 Å². The lowest BCUT2D eigenvalue weighted by Gasteiger charge is -2.09. The number of nitrogens with one attached hydrogen (secondary N) is 1. The topological polar surface area (TPSA) is 92.4 Å². The highest BCUT2D eigenvalue weighted by Gasteiger charge is 2.10. The molecule has 0 bridgehead atoms. The quantitative estimate of drug-likeness (QED) is 0.688. The predicted octanol–water partition coefficient (Wildman–Crippen LogP) is 1.46. The van der Waals surface area contributed by atoms with Gasteiger partial charge in [-0.05, 0) is 30.2 Å². The first-order chi connectivity index (χ1) is 8.52. The van der Waals surface area contributed by atoms with E-state index in [0.717, 1.165) is 11.6 Å². The molecule has 0 unspecified atom stereocenters. The minimum absolute atomic E-state index is 0.230. The van der Waals surface area contributed by atoms with Crippen LogP contribution >= 0.6 is 0 Å². The van der Waals surface area contributed by atoms with E-state index in [1.807, 2.05) is 6.92 Å². The van der Waals surface area contributed by atoms with Crippen molar-refractivity contribution in [2.45, 2.75) is 19.4 Å². The monoisotopic (exact) mass is 248 g/mol. The standard InChI is InChI=1S/C13H16N2O3/c1-2-11(14)13(18)15-10-6-3-9(4-7-10)5-8-12(16)17/h3-8,11H,2,14H2,1H3,(H,15,18)(H,16,17)/b8-5+/t11-/m1/s1. The predicted molar refractivity (Wildman–Crippen MR) is 70.0 cm³/mol. The Labute approximate surface area is 105 Å². The first-order valence-electron chi connectivity index (χ1n) is 5.60. The number of benzene rings is 1. The van der Waals surface area contributed by atoms with Crippen LogP contribution < -0.4 is 11.1 Å². The maximum Gasteiger partial charge on any atom is 0.328 e. The van der Waals surface area contributed by atoms with Gasteiger partial charge in [0.25, 0.3) is 0 Å². The highest BCUT2D eigenvalue weighted by molar-refractivity contribution is 5.94. The summed E-state index contributed by atoms with van der Waals surface area (Å²) in [7, 11) is 0. The summed E-state index contributed by atoms with van der Waals surface area (Å²) in [4.78, 5) is 21.9. The molecule has 96 valence electrons. The minimum atomic E-state index is -0.999. The van der Waals surface area contributed by atoms with Crippen molar-refractivity contribution in [3.63, 3.8) is 0 Å². The summed E-state index contributed by atoms with van der Waals surface area (Å²) in [6.45, 7) is 1.84. The van der Waals surface area contributed by atoms with E-state index in [1.54, 1.807) is 24.3 Å². The van der Waals surface area contributed by atoms with Gasteiger partial charge >= 0.3 is 5.97 Å². The number of rotatable bonds is 5. The molecule has 5 heteroatoms. The molecule has 0 spiro atoms. The number of nitrogens with two attached hydrogens (primary N) is 1. The van der Waals surface area contributed by atoms with Gasteiger partial charge in [0.2, 0.25) is 5.91 Å². The highest BCUT2D eigenvalue weighted by Crippen LogP contribution is 2.11. The number of carboxylic acids is 1. The zero-order chi connectivity index (χ0) is 13.5. The largest absolute Gasteiger partial charge is 0.478 e. The fourth-order valence-corrected chi connectivity index (χ4v) is 1.27. The molecule has 0 aliphatic rings. The molecule has 1 rings (SSSR count). The van der Waals surface area contributed by atoms with Gasteiger partial charge in [-0.2, -0.15) is 0 Å². The van der Waals surface area contributed by atoms with Gasteiger partial charge in [0.1, 0.15) is 0 Å². The van der Waals surface area contributed by atoms with Crippen molar-refractivity contribution in [3.8, 4) is 0 Å². The Morgan fingerprint density at radius 3 is 2.50 bits per heavy atom. The van der Waals surface area contributed by atoms with Crippen molar-refractivity contribution in [2.75, 3.05) is 5.32 Å². The Bertz CT molecular complexity index is 452. The van der Waals surface area contributed by atoms with Crippen LogP contribution in [-0.4, -0.2) is 23.0 Å². The van der Waals surface area contributed by atoms with E-state index < -0.39 is 12.0 Å². The highest BCUT2D eigenvalue weighted by atomic mass is 16.4. The SMILES string of the molecule is CC[C@@H](N)C(=O)Nc1ccc(/C=C/C(=O)O)cc1. The maximum atomic E-state index is 11.5. The smallest absolute Gasteiger partial charge is 0.328 e. The molecule has 1 atom stereocenters. The summed E-state index contributed by atoms with van der Waals surface area (Å²) in [6, 6.07) is 6.31. The van der Waals surface area contributed by atoms with Crippen LogP contribution in [0.1, 0.15) is 18.9 Å². The number of amides is 1. The molecule has 0 saturated heterocycles. The molecule has 1 amide bonds. The summed E-state index contributed by atoms with van der Waals surface area (Å²) >= 11 is 0. The van der Waals surface area contributed by atoms with Gasteiger partial charge in [-0.3, -0.25) is 4.79 Å². The molecule has 4 N–H and O–H groups in total. The van der Waals surface area contributed by atoms with Gasteiger partial charge in [0.05, 0.1) is 6.04 Å². The molecule has 0 aliphatic heterocycles. The summed E-state index contributed by atoms with van der Waals surface area (Å²) in [5.41, 5.74) is 6.97. The molecule has 0 radical (unpaired) electrons. The van der Waals surface area contributed by atoms with Gasteiger partial charge in [-0.15, -0.1) is 0 Å². The number of hydrogen-bond acceptors (Lipinski definition) is 3. The molecular weight excluding hydrogens is 232 g/mol. The Morgan fingerprint density at radius 1 is 1.39 bits per heavy atom. The Balaban J connectivity index is 2.66. The van der Waals surface area contributed by atoms with E-state index in [-0.39, 0.29) is 5.91 Å². The van der Waals surface area contributed by atoms with Gasteiger partial charge in [0, 0.05) is 11.8 Å². The molecule has 0 aliphatic carbocycles. The second kappa shape index (κ2) is 6.56.